The van der Waals surface area contributed by atoms with Crippen LogP contribution < -0.4 is 0 Å². The quantitative estimate of drug-likeness (QED) is 0.115. The summed E-state index contributed by atoms with van der Waals surface area (Å²) in [6, 6.07) is 0. The van der Waals surface area contributed by atoms with Crippen molar-refractivity contribution >= 4 is 11.9 Å². The Morgan fingerprint density at radius 3 is 1.94 bits per heavy atom. The van der Waals surface area contributed by atoms with Crippen LogP contribution in [0.4, 0.5) is 0 Å². The van der Waals surface area contributed by atoms with E-state index in [2.05, 4.69) is 13.8 Å². The molecule has 0 radical (unpaired) electrons. The maximum atomic E-state index is 12.6. The van der Waals surface area contributed by atoms with Crippen LogP contribution in [0, 0.1) is 34.5 Å². The molecule has 4 aliphatic carbocycles. The SMILES string of the molecule is CC(=O)O[C@H]1C[C@H](O[C@H]2[C@@H](O)C[C@@H](O[C@H]3[C@@H](O)C[C@H](O[C@H]4CC[C@@]5(C)[C@H](CC[C@@H]6[C@@H]5CC[C@]5(C)[C@@H](C7=CC(=O)OC7)CC[C@]65O)C4)O[C@@H]3C)O[C@@H]2C)O[C@H](C)[C@H]1O[C@@H]1O[C@H](CO)[C@@H](O)[C@H](O)[C@H]1O. The van der Waals surface area contributed by atoms with Crippen LogP contribution in [0.3, 0.4) is 0 Å². The maximum absolute atomic E-state index is 12.6. The largest absolute Gasteiger partial charge is 0.459 e. The van der Waals surface area contributed by atoms with E-state index in [0.29, 0.717) is 18.4 Å². The molecule has 0 aromatic carbocycles. The molecule has 4 saturated heterocycles. The second-order valence-corrected chi connectivity index (χ2v) is 22.1. The third-order valence-corrected chi connectivity index (χ3v) is 18.3. The zero-order valence-electron chi connectivity index (χ0n) is 40.2. The average molecular weight is 969 g/mol. The fourth-order valence-corrected chi connectivity index (χ4v) is 14.6. The highest BCUT2D eigenvalue weighted by molar-refractivity contribution is 5.85. The van der Waals surface area contributed by atoms with Crippen LogP contribution in [0.1, 0.15) is 119 Å². The molecule has 386 valence electrons. The monoisotopic (exact) mass is 968 g/mol. The van der Waals surface area contributed by atoms with Crippen molar-refractivity contribution in [2.45, 2.75) is 235 Å². The smallest absolute Gasteiger partial charge is 0.331 e. The summed E-state index contributed by atoms with van der Waals surface area (Å²) in [5.74, 6) is 0.357. The van der Waals surface area contributed by atoms with Crippen LogP contribution in [0.2, 0.25) is 0 Å². The summed E-state index contributed by atoms with van der Waals surface area (Å²) in [5.41, 5.74) is 0.0925. The molecule has 0 amide bonds. The standard InChI is InChI=1S/C49H76O19/c1-22-43(66-38-18-33(53)44(23(2)61-38)67-39-19-34(63-25(4)51)45(24(3)62-39)68-46-42(57)41(56)40(55)35(20-50)65-46)32(52)17-37(60-22)64-28-9-12-47(5)27(16-28)7-8-31-30(47)10-13-48(6)29(11-14-49(31,48)58)26-15-36(54)59-21-26/h15,22-24,27-35,37-46,50,52-53,55-58H,7-14,16-21H2,1-6H3/t22-,23-,24-,27-,28+,29-,30+,31-,32+,33+,34+,35-,37+,38-,39+,40-,41+,42-,43-,44-,45-,46+,47+,48-,49+/m1/s1. The molecule has 9 aliphatic rings. The average Bonchev–Trinajstić information content (AvgIpc) is 3.83. The van der Waals surface area contributed by atoms with Gasteiger partial charge in [0.05, 0.1) is 48.8 Å². The predicted octanol–water partition coefficient (Wildman–Crippen LogP) is 1.64. The molecule has 5 aliphatic heterocycles. The molecule has 68 heavy (non-hydrogen) atoms. The van der Waals surface area contributed by atoms with E-state index in [1.165, 1.54) is 6.92 Å². The van der Waals surface area contributed by atoms with Gasteiger partial charge in [0.1, 0.15) is 55.4 Å². The van der Waals surface area contributed by atoms with Crippen molar-refractivity contribution in [1.29, 1.82) is 0 Å². The molecular formula is C49H76O19. The van der Waals surface area contributed by atoms with E-state index < -0.39 is 123 Å². The molecule has 0 unspecified atom stereocenters. The van der Waals surface area contributed by atoms with Crippen LogP contribution in [-0.2, 0) is 57.0 Å². The van der Waals surface area contributed by atoms with E-state index in [0.717, 1.165) is 63.4 Å². The number of carbonyl (C=O) groups excluding carboxylic acids is 2. The van der Waals surface area contributed by atoms with E-state index >= 15 is 0 Å². The molecule has 9 rings (SSSR count). The highest BCUT2D eigenvalue weighted by Gasteiger charge is 2.68. The molecule has 19 heteroatoms. The van der Waals surface area contributed by atoms with Crippen LogP contribution >= 0.6 is 0 Å². The summed E-state index contributed by atoms with van der Waals surface area (Å²) in [6.45, 7) is 10.8. The molecule has 7 N–H and O–H groups in total. The Kier molecular flexibility index (Phi) is 14.9. The summed E-state index contributed by atoms with van der Waals surface area (Å²) in [5, 5.41) is 76.1. The third kappa shape index (κ3) is 9.36. The van der Waals surface area contributed by atoms with Gasteiger partial charge in [0, 0.05) is 37.7 Å². The van der Waals surface area contributed by atoms with Crippen LogP contribution in [0.15, 0.2) is 11.6 Å². The lowest BCUT2D eigenvalue weighted by molar-refractivity contribution is -0.355. The fourth-order valence-electron chi connectivity index (χ4n) is 14.6. The Bertz CT molecular complexity index is 1810. The molecule has 0 spiro atoms. The van der Waals surface area contributed by atoms with Crippen molar-refractivity contribution < 1.29 is 92.7 Å². The first-order valence-electron chi connectivity index (χ1n) is 25.2. The molecule has 0 aromatic rings. The number of hydrogen-bond donors (Lipinski definition) is 7. The molecular weight excluding hydrogens is 893 g/mol. The molecule has 4 saturated carbocycles. The normalized spacial score (nSPS) is 52.8. The number of fused-ring (bicyclic) bond motifs is 5. The van der Waals surface area contributed by atoms with Gasteiger partial charge in [0.2, 0.25) is 0 Å². The van der Waals surface area contributed by atoms with Crippen LogP contribution in [0.25, 0.3) is 0 Å². The molecule has 0 aromatic heterocycles. The number of ether oxygens (including phenoxy) is 10. The van der Waals surface area contributed by atoms with Gasteiger partial charge in [-0.2, -0.15) is 0 Å². The first kappa shape index (κ1) is 51.0. The molecule has 19 nitrogen and oxygen atoms in total. The summed E-state index contributed by atoms with van der Waals surface area (Å²) in [7, 11) is 0. The van der Waals surface area contributed by atoms with E-state index in [9.17, 15) is 45.3 Å². The zero-order valence-corrected chi connectivity index (χ0v) is 40.2. The summed E-state index contributed by atoms with van der Waals surface area (Å²) >= 11 is 0. The lowest BCUT2D eigenvalue weighted by Crippen LogP contribution is -2.62. The van der Waals surface area contributed by atoms with Crippen molar-refractivity contribution in [1.82, 2.24) is 0 Å². The highest BCUT2D eigenvalue weighted by Crippen LogP contribution is 2.70. The van der Waals surface area contributed by atoms with Gasteiger partial charge in [-0.3, -0.25) is 4.79 Å². The van der Waals surface area contributed by atoms with Crippen molar-refractivity contribution in [3.63, 3.8) is 0 Å². The van der Waals surface area contributed by atoms with Crippen molar-refractivity contribution in [3.05, 3.63) is 11.6 Å². The van der Waals surface area contributed by atoms with Gasteiger partial charge >= 0.3 is 11.9 Å². The minimum atomic E-state index is -1.68. The van der Waals surface area contributed by atoms with Crippen LogP contribution in [0.5, 0.6) is 0 Å². The Morgan fingerprint density at radius 2 is 1.34 bits per heavy atom. The topological polar surface area (TPSA) is 268 Å². The van der Waals surface area contributed by atoms with Crippen molar-refractivity contribution in [2.75, 3.05) is 13.2 Å². The second-order valence-electron chi connectivity index (χ2n) is 22.1. The molecule has 5 heterocycles. The van der Waals surface area contributed by atoms with E-state index in [-0.39, 0.29) is 54.0 Å². The summed E-state index contributed by atoms with van der Waals surface area (Å²) in [6.07, 6.45) is -7.65. The van der Waals surface area contributed by atoms with Gasteiger partial charge in [-0.25, -0.2) is 4.79 Å². The summed E-state index contributed by atoms with van der Waals surface area (Å²) in [4.78, 5) is 24.2. The van der Waals surface area contributed by atoms with E-state index in [4.69, 9.17) is 47.4 Å². The van der Waals surface area contributed by atoms with Gasteiger partial charge in [0.15, 0.2) is 25.2 Å². The lowest BCUT2D eigenvalue weighted by atomic mass is 9.43. The first-order chi connectivity index (χ1) is 32.2. The number of cyclic esters (lactones) is 1. The van der Waals surface area contributed by atoms with Gasteiger partial charge < -0.3 is 83.1 Å². The van der Waals surface area contributed by atoms with Gasteiger partial charge in [-0.05, 0) is 113 Å². The fraction of sp³-hybridized carbons (Fsp3) is 0.918. The zero-order chi connectivity index (χ0) is 48.6. The number of rotatable bonds is 11. The maximum Gasteiger partial charge on any atom is 0.331 e. The minimum Gasteiger partial charge on any atom is -0.459 e. The van der Waals surface area contributed by atoms with Crippen LogP contribution in [-0.4, -0.2) is 177 Å². The van der Waals surface area contributed by atoms with Crippen molar-refractivity contribution in [3.8, 4) is 0 Å². The number of esters is 2. The second kappa shape index (κ2) is 19.8. The minimum absolute atomic E-state index is 0.0126. The Labute approximate surface area is 398 Å². The highest BCUT2D eigenvalue weighted by atomic mass is 16.8. The number of carbonyl (C=O) groups is 2. The lowest BCUT2D eigenvalue weighted by Gasteiger charge is -2.64. The Hall–Kier alpha value is -1.92. The van der Waals surface area contributed by atoms with E-state index in [1.807, 2.05) is 6.92 Å². The van der Waals surface area contributed by atoms with E-state index in [1.54, 1.807) is 19.9 Å². The number of hydrogen-bond acceptors (Lipinski definition) is 19. The number of aliphatic hydroxyl groups is 7. The van der Waals surface area contributed by atoms with Gasteiger partial charge in [-0.1, -0.05) is 13.8 Å². The molecule has 0 bridgehead atoms. The Balaban J connectivity index is 0.746. The number of aliphatic hydroxyl groups excluding tert-OH is 6. The molecule has 8 fully saturated rings. The van der Waals surface area contributed by atoms with Gasteiger partial charge in [0.25, 0.3) is 0 Å². The summed E-state index contributed by atoms with van der Waals surface area (Å²) < 4.78 is 60.2. The van der Waals surface area contributed by atoms with Gasteiger partial charge in [-0.15, -0.1) is 0 Å². The molecule has 25 atom stereocenters. The van der Waals surface area contributed by atoms with Crippen molar-refractivity contribution in [2.24, 2.45) is 34.5 Å². The Morgan fingerprint density at radius 1 is 0.706 bits per heavy atom. The first-order valence-corrected chi connectivity index (χ1v) is 25.2. The third-order valence-electron chi connectivity index (χ3n) is 18.3. The predicted molar refractivity (Wildman–Crippen MR) is 233 cm³/mol.